The number of ether oxygens (including phenoxy) is 2. The Morgan fingerprint density at radius 1 is 1.13 bits per heavy atom. The molecule has 23 heavy (non-hydrogen) atoms. The van der Waals surface area contributed by atoms with Crippen LogP contribution in [0.5, 0.6) is 0 Å². The average molecular weight is 318 g/mol. The highest BCUT2D eigenvalue weighted by Crippen LogP contribution is 2.25. The molecule has 0 aromatic heterocycles. The zero-order valence-electron chi connectivity index (χ0n) is 14.8. The Balaban J connectivity index is 3.17. The summed E-state index contributed by atoms with van der Waals surface area (Å²) in [6, 6.07) is 8.14. The topological polar surface area (TPSA) is 52.6 Å². The summed E-state index contributed by atoms with van der Waals surface area (Å²) in [7, 11) is 0. The van der Waals surface area contributed by atoms with E-state index in [1.54, 1.807) is 0 Å². The Bertz CT molecular complexity index is 578. The summed E-state index contributed by atoms with van der Waals surface area (Å²) in [6.07, 6.45) is 1.53. The van der Waals surface area contributed by atoms with Crippen LogP contribution < -0.4 is 0 Å². The van der Waals surface area contributed by atoms with Gasteiger partial charge in [-0.05, 0) is 29.0 Å². The zero-order valence-corrected chi connectivity index (χ0v) is 14.8. The van der Waals surface area contributed by atoms with Gasteiger partial charge in [-0.15, -0.1) is 0 Å². The highest BCUT2D eigenvalue weighted by atomic mass is 16.7. The maximum Gasteiger partial charge on any atom is 0.305 e. The summed E-state index contributed by atoms with van der Waals surface area (Å²) in [5.74, 6) is -0.974. The number of rotatable bonds is 5. The van der Waals surface area contributed by atoms with E-state index in [1.165, 1.54) is 19.4 Å². The molecule has 0 spiro atoms. The molecule has 0 saturated heterocycles. The Kier molecular flexibility index (Phi) is 6.55. The number of esters is 2. The maximum atomic E-state index is 11.3. The number of hydrogen-bond acceptors (Lipinski definition) is 4. The first-order valence-corrected chi connectivity index (χ1v) is 7.79. The monoisotopic (exact) mass is 318 g/mol. The predicted molar refractivity (Wildman–Crippen MR) is 90.7 cm³/mol. The average Bonchev–Trinajstić information content (AvgIpc) is 2.42. The van der Waals surface area contributed by atoms with Gasteiger partial charge >= 0.3 is 11.9 Å². The largest absolute Gasteiger partial charge is 0.421 e. The van der Waals surface area contributed by atoms with Gasteiger partial charge in [-0.25, -0.2) is 0 Å². The van der Waals surface area contributed by atoms with Crippen LogP contribution in [0, 0.1) is 0 Å². The summed E-state index contributed by atoms with van der Waals surface area (Å²) in [5, 5.41) is 0. The molecule has 0 atom stereocenters. The molecule has 1 rings (SSSR count). The molecule has 4 heteroatoms. The smallest absolute Gasteiger partial charge is 0.305 e. The second-order valence-corrected chi connectivity index (χ2v) is 6.50. The number of carbonyl (C=O) groups excluding carboxylic acids is 2. The highest BCUT2D eigenvalue weighted by molar-refractivity contribution is 5.69. The van der Waals surface area contributed by atoms with Crippen molar-refractivity contribution in [3.05, 3.63) is 41.0 Å². The molecule has 0 amide bonds. The molecule has 0 aliphatic carbocycles. The van der Waals surface area contributed by atoms with Crippen LogP contribution in [-0.4, -0.2) is 18.2 Å². The Morgan fingerprint density at radius 3 is 2.13 bits per heavy atom. The summed E-state index contributed by atoms with van der Waals surface area (Å²) in [4.78, 5) is 22.5. The minimum Gasteiger partial charge on any atom is -0.421 e. The van der Waals surface area contributed by atoms with Crippen LogP contribution in [0.25, 0.3) is 6.08 Å². The van der Waals surface area contributed by atoms with Crippen LogP contribution in [-0.2, 0) is 24.5 Å². The normalized spacial score (nSPS) is 12.2. The van der Waals surface area contributed by atoms with Gasteiger partial charge in [-0.1, -0.05) is 52.0 Å². The summed E-state index contributed by atoms with van der Waals surface area (Å²) >= 11 is 0. The van der Waals surface area contributed by atoms with Gasteiger partial charge in [0.15, 0.2) is 0 Å². The van der Waals surface area contributed by atoms with E-state index < -0.39 is 18.2 Å². The van der Waals surface area contributed by atoms with E-state index in [2.05, 4.69) is 32.9 Å². The SMILES string of the molecule is CCC(=Cc1cccc(C(C)(C)C)c1)C(OC(C)=O)OC(C)=O. The van der Waals surface area contributed by atoms with Crippen LogP contribution in [0.3, 0.4) is 0 Å². The van der Waals surface area contributed by atoms with Crippen LogP contribution in [0.4, 0.5) is 0 Å². The fourth-order valence-corrected chi connectivity index (χ4v) is 2.12. The molecule has 0 N–H and O–H groups in total. The molecule has 0 heterocycles. The van der Waals surface area contributed by atoms with Crippen molar-refractivity contribution in [2.45, 2.75) is 59.7 Å². The second-order valence-electron chi connectivity index (χ2n) is 6.50. The van der Waals surface area contributed by atoms with E-state index in [9.17, 15) is 9.59 Å². The fraction of sp³-hybridized carbons (Fsp3) is 0.474. The van der Waals surface area contributed by atoms with E-state index in [4.69, 9.17) is 9.47 Å². The van der Waals surface area contributed by atoms with Gasteiger partial charge in [-0.2, -0.15) is 0 Å². The molecule has 4 nitrogen and oxygen atoms in total. The van der Waals surface area contributed by atoms with Crippen molar-refractivity contribution >= 4 is 18.0 Å². The van der Waals surface area contributed by atoms with Gasteiger partial charge in [-0.3, -0.25) is 9.59 Å². The molecular formula is C19H26O4. The lowest BCUT2D eigenvalue weighted by molar-refractivity contribution is -0.178. The van der Waals surface area contributed by atoms with Crippen LogP contribution in [0.15, 0.2) is 29.8 Å². The predicted octanol–water partition coefficient (Wildman–Crippen LogP) is 4.23. The lowest BCUT2D eigenvalue weighted by Crippen LogP contribution is -2.24. The molecule has 0 fully saturated rings. The van der Waals surface area contributed by atoms with Crippen molar-refractivity contribution in [3.63, 3.8) is 0 Å². The van der Waals surface area contributed by atoms with E-state index >= 15 is 0 Å². The highest BCUT2D eigenvalue weighted by Gasteiger charge is 2.20. The number of benzene rings is 1. The van der Waals surface area contributed by atoms with Crippen molar-refractivity contribution in [2.24, 2.45) is 0 Å². The van der Waals surface area contributed by atoms with E-state index in [-0.39, 0.29) is 5.41 Å². The van der Waals surface area contributed by atoms with Crippen LogP contribution >= 0.6 is 0 Å². The van der Waals surface area contributed by atoms with Crippen LogP contribution in [0.1, 0.15) is 59.1 Å². The summed E-state index contributed by atoms with van der Waals surface area (Å²) < 4.78 is 10.3. The first-order chi connectivity index (χ1) is 10.6. The fourth-order valence-electron chi connectivity index (χ4n) is 2.12. The molecule has 126 valence electrons. The quantitative estimate of drug-likeness (QED) is 0.602. The third kappa shape index (κ3) is 6.27. The lowest BCUT2D eigenvalue weighted by atomic mass is 9.86. The maximum absolute atomic E-state index is 11.3. The van der Waals surface area contributed by atoms with Crippen molar-refractivity contribution < 1.29 is 19.1 Å². The van der Waals surface area contributed by atoms with Crippen molar-refractivity contribution in [2.75, 3.05) is 0 Å². The number of hydrogen-bond donors (Lipinski definition) is 0. The van der Waals surface area contributed by atoms with Gasteiger partial charge < -0.3 is 9.47 Å². The lowest BCUT2D eigenvalue weighted by Gasteiger charge is -2.21. The Morgan fingerprint density at radius 2 is 1.70 bits per heavy atom. The minimum atomic E-state index is -0.978. The van der Waals surface area contributed by atoms with Gasteiger partial charge in [0.1, 0.15) is 0 Å². The third-order valence-corrected chi connectivity index (χ3v) is 3.36. The van der Waals surface area contributed by atoms with E-state index in [1.807, 2.05) is 25.1 Å². The van der Waals surface area contributed by atoms with Crippen molar-refractivity contribution in [1.29, 1.82) is 0 Å². The first kappa shape index (κ1) is 18.9. The molecule has 0 saturated carbocycles. The molecule has 0 radical (unpaired) electrons. The Labute approximate surface area is 138 Å². The standard InChI is InChI=1S/C19H26O4/c1-7-16(18(22-13(2)20)23-14(3)21)11-15-9-8-10-17(12-15)19(4,5)6/h8-12,18H,7H2,1-6H3. The van der Waals surface area contributed by atoms with E-state index in [0.29, 0.717) is 6.42 Å². The third-order valence-electron chi connectivity index (χ3n) is 3.36. The van der Waals surface area contributed by atoms with Crippen molar-refractivity contribution in [3.8, 4) is 0 Å². The van der Waals surface area contributed by atoms with Gasteiger partial charge in [0, 0.05) is 19.4 Å². The molecular weight excluding hydrogens is 292 g/mol. The molecule has 1 aromatic carbocycles. The summed E-state index contributed by atoms with van der Waals surface area (Å²) in [5.41, 5.74) is 2.97. The molecule has 1 aromatic rings. The van der Waals surface area contributed by atoms with Crippen molar-refractivity contribution in [1.82, 2.24) is 0 Å². The second kappa shape index (κ2) is 7.95. The molecule has 0 unspecified atom stereocenters. The van der Waals surface area contributed by atoms with Gasteiger partial charge in [0.25, 0.3) is 6.29 Å². The zero-order chi connectivity index (χ0) is 17.6. The first-order valence-electron chi connectivity index (χ1n) is 7.79. The van der Waals surface area contributed by atoms with Gasteiger partial charge in [0.05, 0.1) is 0 Å². The minimum absolute atomic E-state index is 0.0431. The number of carbonyl (C=O) groups is 2. The summed E-state index contributed by atoms with van der Waals surface area (Å²) in [6.45, 7) is 11.0. The van der Waals surface area contributed by atoms with Crippen LogP contribution in [0.2, 0.25) is 0 Å². The molecule has 0 aliphatic heterocycles. The molecule has 0 aliphatic rings. The molecule has 0 bridgehead atoms. The Hall–Kier alpha value is -2.10. The van der Waals surface area contributed by atoms with E-state index in [0.717, 1.165) is 11.1 Å². The van der Waals surface area contributed by atoms with Gasteiger partial charge in [0.2, 0.25) is 0 Å².